The van der Waals surface area contributed by atoms with Gasteiger partial charge in [-0.15, -0.1) is 0 Å². The predicted molar refractivity (Wildman–Crippen MR) is 140 cm³/mol. The van der Waals surface area contributed by atoms with Gasteiger partial charge in [0.05, 0.1) is 31.9 Å². The molecule has 1 amide bonds. The van der Waals surface area contributed by atoms with Gasteiger partial charge < -0.3 is 9.47 Å². The second kappa shape index (κ2) is 11.8. The minimum absolute atomic E-state index is 0.121. The maximum absolute atomic E-state index is 13.0. The fraction of sp³-hybridized carbons (Fsp3) is 0.214. The van der Waals surface area contributed by atoms with Crippen LogP contribution in [0.4, 0.5) is 0 Å². The quantitative estimate of drug-likeness (QED) is 0.205. The number of carbonyl (C=O) groups excluding carboxylic acids is 1. The zero-order chi connectivity index (χ0) is 25.3. The van der Waals surface area contributed by atoms with Crippen molar-refractivity contribution in [3.63, 3.8) is 0 Å². The molecule has 8 nitrogen and oxygen atoms in total. The van der Waals surface area contributed by atoms with Crippen molar-refractivity contribution in [3.05, 3.63) is 100.0 Å². The van der Waals surface area contributed by atoms with Crippen molar-refractivity contribution >= 4 is 22.9 Å². The first-order chi connectivity index (χ1) is 17.6. The lowest BCUT2D eigenvalue weighted by atomic mass is 10.1. The number of amides is 1. The van der Waals surface area contributed by atoms with Crippen LogP contribution in [-0.2, 0) is 6.54 Å². The van der Waals surface area contributed by atoms with Crippen LogP contribution in [0, 0.1) is 0 Å². The third-order valence-corrected chi connectivity index (χ3v) is 5.58. The molecule has 8 heteroatoms. The standard InChI is InChI=1S/C28H28N4O4/c1-3-4-16-36-24-15-14-21(17-25(24)35-2)18-29-30-27(33)26-22-12-8-9-13-23(22)28(34)32(31-26)19-20-10-6-5-7-11-20/h5-15,17-18H,3-4,16,19H2,1-2H3,(H,30,33)/b29-18+. The molecule has 0 atom stereocenters. The lowest BCUT2D eigenvalue weighted by Crippen LogP contribution is -2.29. The largest absolute Gasteiger partial charge is 0.493 e. The van der Waals surface area contributed by atoms with Crippen molar-refractivity contribution in [2.75, 3.05) is 13.7 Å². The number of nitrogens with one attached hydrogen (secondary N) is 1. The van der Waals surface area contributed by atoms with Gasteiger partial charge in [0.15, 0.2) is 17.2 Å². The van der Waals surface area contributed by atoms with Gasteiger partial charge in [0.1, 0.15) is 0 Å². The molecule has 0 radical (unpaired) electrons. The van der Waals surface area contributed by atoms with Gasteiger partial charge in [0.25, 0.3) is 11.5 Å². The molecule has 1 N–H and O–H groups in total. The third kappa shape index (κ3) is 5.78. The average molecular weight is 485 g/mol. The molecule has 0 spiro atoms. The Morgan fingerprint density at radius 1 is 1.03 bits per heavy atom. The summed E-state index contributed by atoms with van der Waals surface area (Å²) >= 11 is 0. The molecule has 0 aliphatic heterocycles. The number of hydrazone groups is 1. The number of ether oxygens (including phenoxy) is 2. The van der Waals surface area contributed by atoms with Gasteiger partial charge in [-0.2, -0.15) is 10.2 Å². The number of methoxy groups -OCH3 is 1. The van der Waals surface area contributed by atoms with Crippen molar-refractivity contribution in [1.82, 2.24) is 15.2 Å². The van der Waals surface area contributed by atoms with Crippen LogP contribution >= 0.6 is 0 Å². The van der Waals surface area contributed by atoms with E-state index in [4.69, 9.17) is 9.47 Å². The van der Waals surface area contributed by atoms with Gasteiger partial charge in [-0.3, -0.25) is 9.59 Å². The van der Waals surface area contributed by atoms with E-state index in [9.17, 15) is 9.59 Å². The molecule has 1 aromatic heterocycles. The van der Waals surface area contributed by atoms with Gasteiger partial charge in [-0.1, -0.05) is 61.9 Å². The Hall–Kier alpha value is -4.46. The summed E-state index contributed by atoms with van der Waals surface area (Å²) in [7, 11) is 1.58. The van der Waals surface area contributed by atoms with E-state index in [1.807, 2.05) is 42.5 Å². The summed E-state index contributed by atoms with van der Waals surface area (Å²) in [6, 6.07) is 21.8. The van der Waals surface area contributed by atoms with E-state index in [2.05, 4.69) is 22.5 Å². The monoisotopic (exact) mass is 484 g/mol. The van der Waals surface area contributed by atoms with Crippen LogP contribution in [0.3, 0.4) is 0 Å². The Balaban J connectivity index is 1.56. The molecule has 0 aliphatic carbocycles. The molecule has 0 aliphatic rings. The maximum atomic E-state index is 13.0. The lowest BCUT2D eigenvalue weighted by Gasteiger charge is -2.11. The minimum Gasteiger partial charge on any atom is -0.493 e. The first-order valence-corrected chi connectivity index (χ1v) is 11.8. The molecule has 4 rings (SSSR count). The summed E-state index contributed by atoms with van der Waals surface area (Å²) in [5, 5.41) is 9.36. The summed E-state index contributed by atoms with van der Waals surface area (Å²) in [6.07, 6.45) is 3.51. The van der Waals surface area contributed by atoms with E-state index in [1.54, 1.807) is 37.4 Å². The number of benzene rings is 3. The van der Waals surface area contributed by atoms with Gasteiger partial charge in [-0.25, -0.2) is 10.1 Å². The summed E-state index contributed by atoms with van der Waals surface area (Å²) in [5.41, 5.74) is 4.01. The van der Waals surface area contributed by atoms with Gasteiger partial charge in [0, 0.05) is 5.39 Å². The average Bonchev–Trinajstić information content (AvgIpc) is 2.91. The Morgan fingerprint density at radius 3 is 2.53 bits per heavy atom. The number of hydrogen-bond donors (Lipinski definition) is 1. The van der Waals surface area contributed by atoms with E-state index in [1.165, 1.54) is 10.9 Å². The second-order valence-corrected chi connectivity index (χ2v) is 8.15. The first kappa shape index (κ1) is 24.7. The molecule has 3 aromatic carbocycles. The molecule has 0 saturated carbocycles. The van der Waals surface area contributed by atoms with Crippen molar-refractivity contribution in [3.8, 4) is 11.5 Å². The Bertz CT molecular complexity index is 1430. The van der Waals surface area contributed by atoms with Crippen LogP contribution in [0.15, 0.2) is 82.7 Å². The highest BCUT2D eigenvalue weighted by molar-refractivity contribution is 6.05. The van der Waals surface area contributed by atoms with Crippen LogP contribution in [0.5, 0.6) is 11.5 Å². The Morgan fingerprint density at radius 2 is 1.78 bits per heavy atom. The fourth-order valence-electron chi connectivity index (χ4n) is 3.69. The summed E-state index contributed by atoms with van der Waals surface area (Å²) < 4.78 is 12.5. The second-order valence-electron chi connectivity index (χ2n) is 8.15. The normalized spacial score (nSPS) is 11.1. The highest BCUT2D eigenvalue weighted by atomic mass is 16.5. The number of rotatable bonds is 10. The number of fused-ring (bicyclic) bond motifs is 1. The first-order valence-electron chi connectivity index (χ1n) is 11.8. The predicted octanol–water partition coefficient (Wildman–Crippen LogP) is 4.40. The fourth-order valence-corrected chi connectivity index (χ4v) is 3.69. The van der Waals surface area contributed by atoms with E-state index >= 15 is 0 Å². The molecule has 0 bridgehead atoms. The van der Waals surface area contributed by atoms with Crippen molar-refractivity contribution in [2.24, 2.45) is 5.10 Å². The SMILES string of the molecule is CCCCOc1ccc(/C=N/NC(=O)c2nn(Cc3ccccc3)c(=O)c3ccccc23)cc1OC. The molecular formula is C28H28N4O4. The highest BCUT2D eigenvalue weighted by Gasteiger charge is 2.16. The zero-order valence-electron chi connectivity index (χ0n) is 20.3. The van der Waals surface area contributed by atoms with Crippen LogP contribution in [0.1, 0.15) is 41.4 Å². The van der Waals surface area contributed by atoms with E-state index in [-0.39, 0.29) is 17.8 Å². The lowest BCUT2D eigenvalue weighted by molar-refractivity contribution is 0.0949. The summed E-state index contributed by atoms with van der Waals surface area (Å²) in [5.74, 6) is 0.723. The van der Waals surface area contributed by atoms with E-state index < -0.39 is 5.91 Å². The number of carbonyl (C=O) groups is 1. The molecular weight excluding hydrogens is 456 g/mol. The molecule has 36 heavy (non-hydrogen) atoms. The number of nitrogens with zero attached hydrogens (tertiary/aromatic N) is 3. The van der Waals surface area contributed by atoms with Gasteiger partial charge >= 0.3 is 0 Å². The number of unbranched alkanes of at least 4 members (excludes halogenated alkanes) is 1. The third-order valence-electron chi connectivity index (χ3n) is 5.58. The van der Waals surface area contributed by atoms with Crippen molar-refractivity contribution in [2.45, 2.75) is 26.3 Å². The number of aromatic nitrogens is 2. The Labute approximate surface area is 209 Å². The number of hydrogen-bond acceptors (Lipinski definition) is 6. The molecule has 184 valence electrons. The topological polar surface area (TPSA) is 94.8 Å². The van der Waals surface area contributed by atoms with Crippen molar-refractivity contribution in [1.29, 1.82) is 0 Å². The highest BCUT2D eigenvalue weighted by Crippen LogP contribution is 2.27. The minimum atomic E-state index is -0.518. The summed E-state index contributed by atoms with van der Waals surface area (Å²) in [4.78, 5) is 26.0. The molecule has 0 saturated heterocycles. The summed E-state index contributed by atoms with van der Waals surface area (Å²) in [6.45, 7) is 2.97. The van der Waals surface area contributed by atoms with Crippen LogP contribution in [0.25, 0.3) is 10.8 Å². The molecule has 0 unspecified atom stereocenters. The van der Waals surface area contributed by atoms with Gasteiger partial charge in [0.2, 0.25) is 0 Å². The van der Waals surface area contributed by atoms with E-state index in [0.29, 0.717) is 28.9 Å². The smallest absolute Gasteiger partial charge is 0.292 e. The molecule has 0 fully saturated rings. The Kier molecular flexibility index (Phi) is 8.08. The van der Waals surface area contributed by atoms with Crippen molar-refractivity contribution < 1.29 is 14.3 Å². The maximum Gasteiger partial charge on any atom is 0.292 e. The molecule has 4 aromatic rings. The zero-order valence-corrected chi connectivity index (χ0v) is 20.3. The van der Waals surface area contributed by atoms with Crippen LogP contribution in [-0.4, -0.2) is 35.6 Å². The molecule has 1 heterocycles. The van der Waals surface area contributed by atoms with E-state index in [0.717, 1.165) is 24.0 Å². The van der Waals surface area contributed by atoms with Crippen LogP contribution < -0.4 is 20.5 Å². The van der Waals surface area contributed by atoms with Crippen LogP contribution in [0.2, 0.25) is 0 Å². The van der Waals surface area contributed by atoms with Gasteiger partial charge in [-0.05, 0) is 41.8 Å².